The van der Waals surface area contributed by atoms with Crippen LogP contribution in [0.3, 0.4) is 0 Å². The average Bonchev–Trinajstić information content (AvgIpc) is 3.31. The Bertz CT molecular complexity index is 1130. The van der Waals surface area contributed by atoms with Crippen LogP contribution >= 0.6 is 11.6 Å². The molecule has 2 aliphatic rings. The molecule has 34 heavy (non-hydrogen) atoms. The molecule has 3 amide bonds. The SMILES string of the molecule is CCN(C(=O)c1[nH]cnc1C(N)=O)C1CCC2(CCCN(c3cc(C)c(F)cc3Cl)C2=O)CC1. The number of nitrogens with two attached hydrogens (primary N) is 1. The molecule has 0 atom stereocenters. The highest BCUT2D eigenvalue weighted by Gasteiger charge is 2.47. The van der Waals surface area contributed by atoms with Gasteiger partial charge < -0.3 is 20.5 Å². The third-order valence-electron chi connectivity index (χ3n) is 7.30. The van der Waals surface area contributed by atoms with Gasteiger partial charge in [0.15, 0.2) is 5.69 Å². The van der Waals surface area contributed by atoms with Crippen LogP contribution < -0.4 is 10.6 Å². The third-order valence-corrected chi connectivity index (χ3v) is 7.60. The molecule has 2 heterocycles. The van der Waals surface area contributed by atoms with Gasteiger partial charge in [0.2, 0.25) is 5.91 Å². The van der Waals surface area contributed by atoms with Crippen LogP contribution in [-0.4, -0.2) is 51.7 Å². The molecule has 1 aromatic heterocycles. The number of nitrogens with one attached hydrogen (secondary N) is 1. The maximum absolute atomic E-state index is 13.9. The largest absolute Gasteiger partial charge is 0.364 e. The van der Waals surface area contributed by atoms with Crippen molar-refractivity contribution in [2.24, 2.45) is 11.1 Å². The molecule has 182 valence electrons. The van der Waals surface area contributed by atoms with Crippen LogP contribution in [0.1, 0.15) is 72.0 Å². The van der Waals surface area contributed by atoms with E-state index in [1.165, 1.54) is 12.4 Å². The van der Waals surface area contributed by atoms with Gasteiger partial charge in [0.25, 0.3) is 11.8 Å². The number of hydrogen-bond acceptors (Lipinski definition) is 4. The fourth-order valence-corrected chi connectivity index (χ4v) is 5.69. The van der Waals surface area contributed by atoms with E-state index in [1.54, 1.807) is 22.8 Å². The minimum atomic E-state index is -0.758. The molecule has 1 aliphatic heterocycles. The van der Waals surface area contributed by atoms with E-state index in [2.05, 4.69) is 9.97 Å². The highest BCUT2D eigenvalue weighted by molar-refractivity contribution is 6.34. The minimum absolute atomic E-state index is 0.0177. The molecule has 10 heteroatoms. The summed E-state index contributed by atoms with van der Waals surface area (Å²) in [5, 5.41) is 0.231. The maximum atomic E-state index is 13.9. The van der Waals surface area contributed by atoms with Crippen LogP contribution in [0.15, 0.2) is 18.5 Å². The van der Waals surface area contributed by atoms with E-state index in [0.29, 0.717) is 50.0 Å². The molecular formula is C24H29ClFN5O3. The molecule has 1 aliphatic carbocycles. The fourth-order valence-electron chi connectivity index (χ4n) is 5.44. The van der Waals surface area contributed by atoms with Crippen molar-refractivity contribution >= 4 is 35.0 Å². The number of aryl methyl sites for hydroxylation is 1. The number of primary amides is 1. The fraction of sp³-hybridized carbons (Fsp3) is 0.500. The molecule has 4 rings (SSSR count). The lowest BCUT2D eigenvalue weighted by atomic mass is 9.67. The number of nitrogens with zero attached hydrogens (tertiary/aromatic N) is 3. The second-order valence-corrected chi connectivity index (χ2v) is 9.61. The number of imidazole rings is 1. The van der Waals surface area contributed by atoms with E-state index >= 15 is 0 Å². The number of anilines is 1. The number of hydrogen-bond donors (Lipinski definition) is 2. The second-order valence-electron chi connectivity index (χ2n) is 9.21. The first kappa shape index (κ1) is 24.2. The first-order chi connectivity index (χ1) is 16.2. The molecule has 3 N–H and O–H groups in total. The van der Waals surface area contributed by atoms with Crippen molar-refractivity contribution < 1.29 is 18.8 Å². The van der Waals surface area contributed by atoms with E-state index in [0.717, 1.165) is 12.8 Å². The number of halogens is 2. The number of benzene rings is 1. The Hall–Kier alpha value is -2.94. The summed E-state index contributed by atoms with van der Waals surface area (Å²) in [6.45, 7) is 4.54. The number of amides is 3. The summed E-state index contributed by atoms with van der Waals surface area (Å²) in [6, 6.07) is 2.84. The van der Waals surface area contributed by atoms with Gasteiger partial charge in [0.1, 0.15) is 11.5 Å². The van der Waals surface area contributed by atoms with Gasteiger partial charge in [-0.3, -0.25) is 14.4 Å². The summed E-state index contributed by atoms with van der Waals surface area (Å²) in [5.41, 5.74) is 5.85. The van der Waals surface area contributed by atoms with Crippen molar-refractivity contribution in [2.45, 2.75) is 58.4 Å². The number of carbonyl (C=O) groups excluding carboxylic acids is 3. The van der Waals surface area contributed by atoms with Crippen molar-refractivity contribution in [1.82, 2.24) is 14.9 Å². The number of aromatic amines is 1. The summed E-state index contributed by atoms with van der Waals surface area (Å²) >= 11 is 6.31. The molecule has 0 unspecified atom stereocenters. The molecule has 1 aromatic carbocycles. The Morgan fingerprint density at radius 2 is 2.03 bits per heavy atom. The van der Waals surface area contributed by atoms with Gasteiger partial charge in [-0.25, -0.2) is 9.37 Å². The van der Waals surface area contributed by atoms with Crippen LogP contribution in [0.4, 0.5) is 10.1 Å². The highest BCUT2D eigenvalue weighted by atomic mass is 35.5. The average molecular weight is 490 g/mol. The predicted molar refractivity (Wildman–Crippen MR) is 126 cm³/mol. The van der Waals surface area contributed by atoms with E-state index in [-0.39, 0.29) is 34.3 Å². The monoisotopic (exact) mass is 489 g/mol. The summed E-state index contributed by atoms with van der Waals surface area (Å²) in [5.74, 6) is -1.45. The van der Waals surface area contributed by atoms with Gasteiger partial charge in [0, 0.05) is 24.5 Å². The number of H-pyrrole nitrogens is 1. The molecule has 2 aromatic rings. The number of carbonyl (C=O) groups is 3. The van der Waals surface area contributed by atoms with E-state index in [9.17, 15) is 18.8 Å². The quantitative estimate of drug-likeness (QED) is 0.664. The first-order valence-electron chi connectivity index (χ1n) is 11.6. The van der Waals surface area contributed by atoms with E-state index < -0.39 is 17.1 Å². The lowest BCUT2D eigenvalue weighted by molar-refractivity contribution is -0.133. The van der Waals surface area contributed by atoms with E-state index in [4.69, 9.17) is 17.3 Å². The van der Waals surface area contributed by atoms with Gasteiger partial charge >= 0.3 is 0 Å². The lowest BCUT2D eigenvalue weighted by Crippen LogP contribution is -2.53. The smallest absolute Gasteiger partial charge is 0.273 e. The van der Waals surface area contributed by atoms with E-state index in [1.807, 2.05) is 6.92 Å². The third kappa shape index (κ3) is 4.17. The lowest BCUT2D eigenvalue weighted by Gasteiger charge is -2.47. The summed E-state index contributed by atoms with van der Waals surface area (Å²) < 4.78 is 13.9. The Kier molecular flexibility index (Phi) is 6.66. The molecule has 0 bridgehead atoms. The summed E-state index contributed by atoms with van der Waals surface area (Å²) in [4.78, 5) is 48.5. The van der Waals surface area contributed by atoms with Gasteiger partial charge in [-0.15, -0.1) is 0 Å². The second kappa shape index (κ2) is 9.37. The van der Waals surface area contributed by atoms with Crippen LogP contribution in [0.5, 0.6) is 0 Å². The van der Waals surface area contributed by atoms with Crippen LogP contribution in [0.25, 0.3) is 0 Å². The molecule has 2 fully saturated rings. The summed E-state index contributed by atoms with van der Waals surface area (Å²) in [6.07, 6.45) is 5.49. The molecule has 1 spiro atoms. The Morgan fingerprint density at radius 1 is 1.32 bits per heavy atom. The Labute approximate surface area is 202 Å². The highest BCUT2D eigenvalue weighted by Crippen LogP contribution is 2.47. The first-order valence-corrected chi connectivity index (χ1v) is 12.0. The molecule has 0 radical (unpaired) electrons. The zero-order chi connectivity index (χ0) is 24.6. The van der Waals surface area contributed by atoms with Crippen LogP contribution in [-0.2, 0) is 4.79 Å². The van der Waals surface area contributed by atoms with Crippen LogP contribution in [0.2, 0.25) is 5.02 Å². The zero-order valence-corrected chi connectivity index (χ0v) is 20.1. The van der Waals surface area contributed by atoms with Crippen molar-refractivity contribution in [3.05, 3.63) is 46.3 Å². The predicted octanol–water partition coefficient (Wildman–Crippen LogP) is 3.83. The zero-order valence-electron chi connectivity index (χ0n) is 19.4. The van der Waals surface area contributed by atoms with Gasteiger partial charge in [0.05, 0.1) is 17.0 Å². The van der Waals surface area contributed by atoms with Gasteiger partial charge in [-0.1, -0.05) is 11.6 Å². The summed E-state index contributed by atoms with van der Waals surface area (Å²) in [7, 11) is 0. The van der Waals surface area contributed by atoms with Gasteiger partial charge in [-0.05, 0) is 70.1 Å². The normalized spacial score (nSPS) is 22.8. The molecule has 1 saturated heterocycles. The topological polar surface area (TPSA) is 112 Å². The molecular weight excluding hydrogens is 461 g/mol. The van der Waals surface area contributed by atoms with Crippen LogP contribution in [0, 0.1) is 18.2 Å². The number of piperidine rings is 1. The Balaban J connectivity index is 1.51. The number of rotatable bonds is 5. The van der Waals surface area contributed by atoms with Gasteiger partial charge in [-0.2, -0.15) is 0 Å². The minimum Gasteiger partial charge on any atom is -0.364 e. The van der Waals surface area contributed by atoms with Crippen molar-refractivity contribution in [2.75, 3.05) is 18.0 Å². The molecule has 1 saturated carbocycles. The van der Waals surface area contributed by atoms with Crippen molar-refractivity contribution in [1.29, 1.82) is 0 Å². The van der Waals surface area contributed by atoms with Crippen molar-refractivity contribution in [3.8, 4) is 0 Å². The maximum Gasteiger partial charge on any atom is 0.273 e. The molecule has 8 nitrogen and oxygen atoms in total. The van der Waals surface area contributed by atoms with Crippen molar-refractivity contribution in [3.63, 3.8) is 0 Å². The Morgan fingerprint density at radius 3 is 2.68 bits per heavy atom. The standard InChI is InChI=1S/C24H29ClFN5O3/c1-3-30(22(33)20-19(21(27)32)28-13-29-20)15-5-8-24(9-6-15)7-4-10-31(23(24)34)18-11-14(2)17(26)12-16(18)25/h11-13,15H,3-10H2,1-2H3,(H2,27,32)(H,28,29). The number of aromatic nitrogens is 2.